The minimum Gasteiger partial charge on any atom is -0.399 e. The molecular formula is C6H6NOP. The van der Waals surface area contributed by atoms with E-state index in [1.807, 2.05) is 0 Å². The lowest BCUT2D eigenvalue weighted by Gasteiger charge is -1.89. The molecule has 0 aliphatic carbocycles. The molecule has 0 heterocycles. The molecule has 1 rings (SSSR count). The van der Waals surface area contributed by atoms with E-state index in [1.54, 1.807) is 24.3 Å². The minimum absolute atomic E-state index is 0.0247. The van der Waals surface area contributed by atoms with E-state index < -0.39 is 0 Å². The summed E-state index contributed by atoms with van der Waals surface area (Å²) in [5, 5.41) is 0.718. The van der Waals surface area contributed by atoms with Crippen LogP contribution >= 0.6 is 8.46 Å². The van der Waals surface area contributed by atoms with Crippen molar-refractivity contribution in [1.29, 1.82) is 0 Å². The van der Waals surface area contributed by atoms with Crippen molar-refractivity contribution in [1.82, 2.24) is 0 Å². The third-order valence-electron chi connectivity index (χ3n) is 0.976. The largest absolute Gasteiger partial charge is 0.399 e. The van der Waals surface area contributed by atoms with Crippen LogP contribution in [0.5, 0.6) is 0 Å². The fraction of sp³-hybridized carbons (Fsp3) is 0. The number of hydrogen-bond acceptors (Lipinski definition) is 2. The Morgan fingerprint density at radius 1 is 1.44 bits per heavy atom. The van der Waals surface area contributed by atoms with Gasteiger partial charge in [0.1, 0.15) is 0 Å². The van der Waals surface area contributed by atoms with Crippen LogP contribution in [-0.2, 0) is 4.57 Å². The molecule has 1 aromatic rings. The highest BCUT2D eigenvalue weighted by molar-refractivity contribution is 7.34. The third kappa shape index (κ3) is 1.51. The van der Waals surface area contributed by atoms with E-state index in [0.29, 0.717) is 5.69 Å². The summed E-state index contributed by atoms with van der Waals surface area (Å²) < 4.78 is 10.2. The molecule has 2 nitrogen and oxygen atoms in total. The molecule has 0 fully saturated rings. The van der Waals surface area contributed by atoms with Crippen molar-refractivity contribution < 1.29 is 4.57 Å². The summed E-state index contributed by atoms with van der Waals surface area (Å²) in [7, 11) is 0.0247. The molecule has 0 atom stereocenters. The van der Waals surface area contributed by atoms with Gasteiger partial charge in [0.05, 0.1) is 0 Å². The van der Waals surface area contributed by atoms with Crippen LogP contribution in [0, 0.1) is 0 Å². The third-order valence-corrected chi connectivity index (χ3v) is 1.46. The zero-order chi connectivity index (χ0) is 6.69. The molecule has 0 aromatic heterocycles. The van der Waals surface area contributed by atoms with Gasteiger partial charge in [-0.1, -0.05) is 6.07 Å². The zero-order valence-corrected chi connectivity index (χ0v) is 5.64. The van der Waals surface area contributed by atoms with E-state index in [9.17, 15) is 4.57 Å². The summed E-state index contributed by atoms with van der Waals surface area (Å²) in [6.45, 7) is 0. The minimum atomic E-state index is 0.0247. The molecule has 0 saturated carbocycles. The molecule has 9 heavy (non-hydrogen) atoms. The van der Waals surface area contributed by atoms with Gasteiger partial charge in [-0.3, -0.25) is 4.57 Å². The summed E-state index contributed by atoms with van der Waals surface area (Å²) in [5.74, 6) is 0. The van der Waals surface area contributed by atoms with Crippen molar-refractivity contribution in [3.8, 4) is 0 Å². The van der Waals surface area contributed by atoms with Crippen LogP contribution in [0.2, 0.25) is 0 Å². The van der Waals surface area contributed by atoms with E-state index in [-0.39, 0.29) is 8.46 Å². The van der Waals surface area contributed by atoms with Crippen LogP contribution < -0.4 is 11.0 Å². The van der Waals surface area contributed by atoms with Crippen molar-refractivity contribution in [2.24, 2.45) is 0 Å². The van der Waals surface area contributed by atoms with E-state index in [1.165, 1.54) is 0 Å². The number of benzene rings is 1. The first kappa shape index (κ1) is 6.24. The molecule has 1 aromatic carbocycles. The Morgan fingerprint density at radius 3 is 2.67 bits per heavy atom. The number of rotatable bonds is 1. The van der Waals surface area contributed by atoms with Crippen molar-refractivity contribution in [3.63, 3.8) is 0 Å². The van der Waals surface area contributed by atoms with Crippen molar-refractivity contribution in [2.45, 2.75) is 0 Å². The Hall–Kier alpha value is -0.880. The van der Waals surface area contributed by atoms with Crippen molar-refractivity contribution in [3.05, 3.63) is 24.3 Å². The van der Waals surface area contributed by atoms with E-state index >= 15 is 0 Å². The number of anilines is 1. The van der Waals surface area contributed by atoms with Gasteiger partial charge in [0.2, 0.25) is 0 Å². The Bertz CT molecular complexity index is 224. The second kappa shape index (κ2) is 2.60. The molecule has 46 valence electrons. The van der Waals surface area contributed by atoms with E-state index in [2.05, 4.69) is 0 Å². The van der Waals surface area contributed by atoms with Crippen LogP contribution in [-0.4, -0.2) is 0 Å². The molecule has 0 aliphatic heterocycles. The molecule has 0 amide bonds. The molecular weight excluding hydrogens is 133 g/mol. The number of nitrogens with two attached hydrogens (primary N) is 1. The SMILES string of the molecule is Nc1cccc(P=O)c1. The molecule has 0 saturated heterocycles. The molecule has 0 aliphatic rings. The topological polar surface area (TPSA) is 43.1 Å². The predicted molar refractivity (Wildman–Crippen MR) is 38.1 cm³/mol. The molecule has 3 heteroatoms. The van der Waals surface area contributed by atoms with Gasteiger partial charge in [0.25, 0.3) is 0 Å². The van der Waals surface area contributed by atoms with Gasteiger partial charge in [-0.2, -0.15) is 0 Å². The maximum atomic E-state index is 10.2. The van der Waals surface area contributed by atoms with Crippen LogP contribution in [0.15, 0.2) is 24.3 Å². The lowest BCUT2D eigenvalue weighted by atomic mass is 10.3. The average molecular weight is 139 g/mol. The molecule has 0 unspecified atom stereocenters. The predicted octanol–water partition coefficient (Wildman–Crippen LogP) is 1.19. The Balaban J connectivity index is 3.07. The van der Waals surface area contributed by atoms with Crippen molar-refractivity contribution in [2.75, 3.05) is 5.73 Å². The number of nitrogen functional groups attached to an aromatic ring is 1. The first-order chi connectivity index (χ1) is 4.33. The second-order valence-corrected chi connectivity index (χ2v) is 2.39. The zero-order valence-electron chi connectivity index (χ0n) is 4.74. The lowest BCUT2D eigenvalue weighted by molar-refractivity contribution is 0.603. The maximum absolute atomic E-state index is 10.2. The van der Waals surface area contributed by atoms with E-state index in [0.717, 1.165) is 5.30 Å². The molecule has 2 N–H and O–H groups in total. The van der Waals surface area contributed by atoms with E-state index in [4.69, 9.17) is 5.73 Å². The highest BCUT2D eigenvalue weighted by atomic mass is 31.1. The summed E-state index contributed by atoms with van der Waals surface area (Å²) >= 11 is 0. The van der Waals surface area contributed by atoms with Crippen molar-refractivity contribution >= 4 is 19.5 Å². The highest BCUT2D eigenvalue weighted by Crippen LogP contribution is 2.01. The monoisotopic (exact) mass is 139 g/mol. The van der Waals surface area contributed by atoms with Gasteiger partial charge < -0.3 is 5.73 Å². The van der Waals surface area contributed by atoms with Crippen LogP contribution in [0.3, 0.4) is 0 Å². The van der Waals surface area contributed by atoms with Crippen LogP contribution in [0.25, 0.3) is 0 Å². The molecule has 0 bridgehead atoms. The second-order valence-electron chi connectivity index (χ2n) is 1.69. The smallest absolute Gasteiger partial charge is 0.192 e. The summed E-state index contributed by atoms with van der Waals surface area (Å²) in [4.78, 5) is 0. The lowest BCUT2D eigenvalue weighted by Crippen LogP contribution is -1.92. The normalized spacial score (nSPS) is 9.78. The fourth-order valence-corrected chi connectivity index (χ4v) is 0.930. The Morgan fingerprint density at radius 2 is 2.22 bits per heavy atom. The first-order valence-electron chi connectivity index (χ1n) is 2.52. The first-order valence-corrected chi connectivity index (χ1v) is 3.33. The summed E-state index contributed by atoms with van der Waals surface area (Å²) in [5.41, 5.74) is 6.04. The van der Waals surface area contributed by atoms with Gasteiger partial charge in [-0.25, -0.2) is 0 Å². The molecule has 0 spiro atoms. The highest BCUT2D eigenvalue weighted by Gasteiger charge is 1.88. The van der Waals surface area contributed by atoms with Crippen LogP contribution in [0.1, 0.15) is 0 Å². The maximum Gasteiger partial charge on any atom is 0.192 e. The van der Waals surface area contributed by atoms with Gasteiger partial charge >= 0.3 is 0 Å². The fourth-order valence-electron chi connectivity index (χ4n) is 0.582. The Kier molecular flexibility index (Phi) is 1.81. The van der Waals surface area contributed by atoms with Crippen LogP contribution in [0.4, 0.5) is 5.69 Å². The van der Waals surface area contributed by atoms with Gasteiger partial charge in [0, 0.05) is 11.0 Å². The average Bonchev–Trinajstić information content (AvgIpc) is 1.88. The van der Waals surface area contributed by atoms with Gasteiger partial charge in [-0.15, -0.1) is 0 Å². The van der Waals surface area contributed by atoms with Gasteiger partial charge in [-0.05, 0) is 18.2 Å². The number of hydrogen-bond donors (Lipinski definition) is 1. The summed E-state index contributed by atoms with van der Waals surface area (Å²) in [6.07, 6.45) is 0. The quantitative estimate of drug-likeness (QED) is 0.469. The Labute approximate surface area is 54.9 Å². The summed E-state index contributed by atoms with van der Waals surface area (Å²) in [6, 6.07) is 6.96. The standard InChI is InChI=1S/C6H6NOP/c7-5-2-1-3-6(4-5)9-8/h1-4H,7H2. The van der Waals surface area contributed by atoms with Gasteiger partial charge in [0.15, 0.2) is 8.46 Å². The molecule has 0 radical (unpaired) electrons.